The average Bonchev–Trinajstić information content (AvgIpc) is 2.94. The molecule has 2 saturated heterocycles. The number of hydrogen-bond acceptors (Lipinski definition) is 3. The highest BCUT2D eigenvalue weighted by Crippen LogP contribution is 2.51. The Bertz CT molecular complexity index is 251. The van der Waals surface area contributed by atoms with Gasteiger partial charge in [0.15, 0.2) is 0 Å². The van der Waals surface area contributed by atoms with E-state index in [1.165, 1.54) is 38.6 Å². The number of piperidine rings is 1. The Morgan fingerprint density at radius 3 is 2.31 bits per heavy atom. The van der Waals surface area contributed by atoms with E-state index in [0.717, 1.165) is 19.4 Å². The van der Waals surface area contributed by atoms with E-state index in [2.05, 4.69) is 4.90 Å². The van der Waals surface area contributed by atoms with Crippen LogP contribution in [0.3, 0.4) is 0 Å². The fourth-order valence-corrected chi connectivity index (χ4v) is 3.86. The van der Waals surface area contributed by atoms with Gasteiger partial charge in [0.2, 0.25) is 0 Å². The zero-order chi connectivity index (χ0) is 11.2. The summed E-state index contributed by atoms with van der Waals surface area (Å²) < 4.78 is 0. The summed E-state index contributed by atoms with van der Waals surface area (Å²) in [5.74, 6) is 0. The molecule has 3 rings (SSSR count). The van der Waals surface area contributed by atoms with Crippen molar-refractivity contribution in [1.82, 2.24) is 4.90 Å². The molecule has 0 spiro atoms. The molecule has 2 atom stereocenters. The third-order valence-electron chi connectivity index (χ3n) is 5.01. The number of fused-ring (bicyclic) bond motifs is 2. The molecular weight excluding hydrogens is 200 g/mol. The molecule has 3 fully saturated rings. The molecule has 16 heavy (non-hydrogen) atoms. The zero-order valence-corrected chi connectivity index (χ0v) is 10.1. The van der Waals surface area contributed by atoms with Gasteiger partial charge in [-0.2, -0.15) is 0 Å². The minimum atomic E-state index is -0.0292. The molecule has 2 bridgehead atoms. The second-order valence-electron chi connectivity index (χ2n) is 6.22. The van der Waals surface area contributed by atoms with E-state index in [1.807, 2.05) is 0 Å². The first-order chi connectivity index (χ1) is 7.72. The van der Waals surface area contributed by atoms with E-state index in [9.17, 15) is 5.11 Å². The van der Waals surface area contributed by atoms with E-state index in [4.69, 9.17) is 5.73 Å². The van der Waals surface area contributed by atoms with E-state index < -0.39 is 0 Å². The zero-order valence-electron chi connectivity index (χ0n) is 10.1. The van der Waals surface area contributed by atoms with Crippen LogP contribution in [-0.2, 0) is 0 Å². The van der Waals surface area contributed by atoms with Gasteiger partial charge < -0.3 is 10.8 Å². The SMILES string of the molecule is NCCC1(CN2C3CCC2CC(O)C3)CC1. The number of nitrogens with two attached hydrogens (primary N) is 1. The highest BCUT2D eigenvalue weighted by Gasteiger charge is 2.48. The van der Waals surface area contributed by atoms with E-state index in [1.54, 1.807) is 0 Å². The quantitative estimate of drug-likeness (QED) is 0.752. The van der Waals surface area contributed by atoms with Crippen LogP contribution in [0.5, 0.6) is 0 Å². The van der Waals surface area contributed by atoms with Crippen LogP contribution in [0.15, 0.2) is 0 Å². The molecule has 0 radical (unpaired) electrons. The summed E-state index contributed by atoms with van der Waals surface area (Å²) in [4.78, 5) is 2.70. The Hall–Kier alpha value is -0.120. The van der Waals surface area contributed by atoms with Gasteiger partial charge >= 0.3 is 0 Å². The molecule has 0 amide bonds. The van der Waals surface area contributed by atoms with Crippen LogP contribution in [0.1, 0.15) is 44.9 Å². The number of aliphatic hydroxyl groups excluding tert-OH is 1. The number of nitrogens with zero attached hydrogens (tertiary/aromatic N) is 1. The van der Waals surface area contributed by atoms with Gasteiger partial charge in [-0.25, -0.2) is 0 Å². The Balaban J connectivity index is 1.63. The smallest absolute Gasteiger partial charge is 0.0570 e. The molecule has 3 nitrogen and oxygen atoms in total. The fraction of sp³-hybridized carbons (Fsp3) is 1.00. The second-order valence-corrected chi connectivity index (χ2v) is 6.22. The molecule has 3 heteroatoms. The topological polar surface area (TPSA) is 49.5 Å². The number of hydrogen-bond donors (Lipinski definition) is 2. The molecule has 3 aliphatic rings. The molecule has 3 N–H and O–H groups in total. The lowest BCUT2D eigenvalue weighted by Gasteiger charge is -2.39. The Labute approximate surface area is 98.0 Å². The van der Waals surface area contributed by atoms with Gasteiger partial charge in [0.1, 0.15) is 0 Å². The first-order valence-corrected chi connectivity index (χ1v) is 6.86. The molecule has 2 aliphatic heterocycles. The van der Waals surface area contributed by atoms with Crippen molar-refractivity contribution in [2.45, 2.75) is 63.1 Å². The average molecular weight is 224 g/mol. The van der Waals surface area contributed by atoms with Crippen LogP contribution in [0.25, 0.3) is 0 Å². The number of rotatable bonds is 4. The molecule has 2 heterocycles. The lowest BCUT2D eigenvalue weighted by atomic mass is 9.95. The molecule has 0 aromatic carbocycles. The van der Waals surface area contributed by atoms with E-state index >= 15 is 0 Å². The molecule has 2 unspecified atom stereocenters. The lowest BCUT2D eigenvalue weighted by Crippen LogP contribution is -2.47. The van der Waals surface area contributed by atoms with Crippen LogP contribution in [0.2, 0.25) is 0 Å². The predicted molar refractivity (Wildman–Crippen MR) is 64.1 cm³/mol. The van der Waals surface area contributed by atoms with E-state index in [0.29, 0.717) is 17.5 Å². The Morgan fingerprint density at radius 2 is 1.81 bits per heavy atom. The highest BCUT2D eigenvalue weighted by molar-refractivity contribution is 5.02. The fourth-order valence-electron chi connectivity index (χ4n) is 3.86. The maximum Gasteiger partial charge on any atom is 0.0570 e. The Kier molecular flexibility index (Phi) is 2.73. The third-order valence-corrected chi connectivity index (χ3v) is 5.01. The van der Waals surface area contributed by atoms with Crippen molar-refractivity contribution in [3.05, 3.63) is 0 Å². The van der Waals surface area contributed by atoms with E-state index in [-0.39, 0.29) is 6.10 Å². The second kappa shape index (κ2) is 3.97. The summed E-state index contributed by atoms with van der Waals surface area (Å²) in [7, 11) is 0. The number of aliphatic hydroxyl groups is 1. The summed E-state index contributed by atoms with van der Waals surface area (Å²) in [6, 6.07) is 1.34. The summed E-state index contributed by atoms with van der Waals surface area (Å²) in [6.07, 6.45) is 8.56. The van der Waals surface area contributed by atoms with Gasteiger partial charge in [0.25, 0.3) is 0 Å². The highest BCUT2D eigenvalue weighted by atomic mass is 16.3. The maximum absolute atomic E-state index is 9.78. The van der Waals surface area contributed by atoms with Crippen LogP contribution in [0.4, 0.5) is 0 Å². The van der Waals surface area contributed by atoms with Crippen molar-refractivity contribution in [2.75, 3.05) is 13.1 Å². The minimum Gasteiger partial charge on any atom is -0.393 e. The van der Waals surface area contributed by atoms with Crippen molar-refractivity contribution >= 4 is 0 Å². The Morgan fingerprint density at radius 1 is 1.19 bits per heavy atom. The molecule has 1 aliphatic carbocycles. The summed E-state index contributed by atoms with van der Waals surface area (Å²) in [5.41, 5.74) is 6.28. The van der Waals surface area contributed by atoms with Crippen molar-refractivity contribution in [3.8, 4) is 0 Å². The van der Waals surface area contributed by atoms with Crippen molar-refractivity contribution in [1.29, 1.82) is 0 Å². The van der Waals surface area contributed by atoms with Gasteiger partial charge in [0, 0.05) is 18.6 Å². The van der Waals surface area contributed by atoms with Crippen LogP contribution >= 0.6 is 0 Å². The van der Waals surface area contributed by atoms with Gasteiger partial charge in [-0.3, -0.25) is 4.90 Å². The summed E-state index contributed by atoms with van der Waals surface area (Å²) in [6.45, 7) is 2.10. The maximum atomic E-state index is 9.78. The lowest BCUT2D eigenvalue weighted by molar-refractivity contribution is 0.0235. The monoisotopic (exact) mass is 224 g/mol. The molecule has 1 saturated carbocycles. The molecule has 0 aromatic rings. The van der Waals surface area contributed by atoms with Crippen LogP contribution in [0, 0.1) is 5.41 Å². The predicted octanol–water partition coefficient (Wildman–Crippen LogP) is 1.10. The van der Waals surface area contributed by atoms with Crippen LogP contribution < -0.4 is 5.73 Å². The summed E-state index contributed by atoms with van der Waals surface area (Å²) >= 11 is 0. The first kappa shape index (κ1) is 11.0. The first-order valence-electron chi connectivity index (χ1n) is 6.86. The molecule has 92 valence electrons. The largest absolute Gasteiger partial charge is 0.393 e. The molecule has 0 aromatic heterocycles. The standard InChI is InChI=1S/C13H24N2O/c14-6-5-13(3-4-13)9-15-10-1-2-11(15)8-12(16)7-10/h10-12,16H,1-9,14H2. The van der Waals surface area contributed by atoms with Gasteiger partial charge in [-0.05, 0) is 56.9 Å². The normalized spacial score (nSPS) is 41.2. The van der Waals surface area contributed by atoms with Crippen LogP contribution in [-0.4, -0.2) is 41.3 Å². The minimum absolute atomic E-state index is 0.0292. The van der Waals surface area contributed by atoms with Gasteiger partial charge in [-0.15, -0.1) is 0 Å². The summed E-state index contributed by atoms with van der Waals surface area (Å²) in [5, 5.41) is 9.78. The van der Waals surface area contributed by atoms with Gasteiger partial charge in [-0.1, -0.05) is 0 Å². The third kappa shape index (κ3) is 1.89. The van der Waals surface area contributed by atoms with Crippen molar-refractivity contribution < 1.29 is 5.11 Å². The molecular formula is C13H24N2O. The van der Waals surface area contributed by atoms with Crippen molar-refractivity contribution in [2.24, 2.45) is 11.1 Å². The van der Waals surface area contributed by atoms with Gasteiger partial charge in [0.05, 0.1) is 6.10 Å². The van der Waals surface area contributed by atoms with Crippen molar-refractivity contribution in [3.63, 3.8) is 0 Å².